The van der Waals surface area contributed by atoms with Crippen molar-refractivity contribution in [3.05, 3.63) is 0 Å². The third kappa shape index (κ3) is 11.5. The Morgan fingerprint density at radius 2 is 1.44 bits per heavy atom. The molecule has 4 nitrogen and oxygen atoms in total. The molecule has 0 aromatic heterocycles. The van der Waals surface area contributed by atoms with Crippen LogP contribution in [0.3, 0.4) is 0 Å². The predicted molar refractivity (Wildman–Crippen MR) is 64.2 cm³/mol. The predicted octanol–water partition coefficient (Wildman–Crippen LogP) is 1.89. The van der Waals surface area contributed by atoms with Crippen LogP contribution < -0.4 is 0 Å². The van der Waals surface area contributed by atoms with Crippen LogP contribution in [0.15, 0.2) is 0 Å². The molecule has 0 spiro atoms. The first-order chi connectivity index (χ1) is 6.98. The van der Waals surface area contributed by atoms with Gasteiger partial charge in [0.1, 0.15) is 0 Å². The lowest BCUT2D eigenvalue weighted by atomic mass is 9.86. The van der Waals surface area contributed by atoms with Crippen molar-refractivity contribution in [3.8, 4) is 0 Å². The normalized spacial score (nSPS) is 15.1. The Morgan fingerprint density at radius 3 is 1.50 bits per heavy atom. The molecule has 0 heterocycles. The van der Waals surface area contributed by atoms with Crippen molar-refractivity contribution in [1.82, 2.24) is 0 Å². The number of hydrogen-bond acceptors (Lipinski definition) is 3. The molecule has 0 rings (SSSR count). The van der Waals surface area contributed by atoms with Gasteiger partial charge in [0.15, 0.2) is 0 Å². The second-order valence-electron chi connectivity index (χ2n) is 5.46. The lowest BCUT2D eigenvalue weighted by Crippen LogP contribution is -2.29. The Labute approximate surface area is 98.3 Å². The Bertz CT molecular complexity index is 192. The Hall–Kier alpha value is -0.610. The highest BCUT2D eigenvalue weighted by molar-refractivity contribution is 5.68. The fraction of sp³-hybridized carbons (Fsp3) is 0.917. The summed E-state index contributed by atoms with van der Waals surface area (Å²) in [6, 6.07) is 0. The van der Waals surface area contributed by atoms with Crippen LogP contribution in [0.2, 0.25) is 0 Å². The first-order valence-corrected chi connectivity index (χ1v) is 5.57. The van der Waals surface area contributed by atoms with Gasteiger partial charge in [-0.2, -0.15) is 0 Å². The summed E-state index contributed by atoms with van der Waals surface area (Å²) in [5, 5.41) is 26.3. The van der Waals surface area contributed by atoms with Gasteiger partial charge in [0.05, 0.1) is 18.1 Å². The van der Waals surface area contributed by atoms with Crippen LogP contribution in [0.1, 0.15) is 48.0 Å². The number of aliphatic hydroxyl groups excluding tert-OH is 2. The summed E-state index contributed by atoms with van der Waals surface area (Å²) in [5.74, 6) is -0.972. The van der Waals surface area contributed by atoms with Gasteiger partial charge >= 0.3 is 5.97 Å². The number of hydrogen-bond donors (Lipinski definition) is 3. The third-order valence-electron chi connectivity index (χ3n) is 2.06. The van der Waals surface area contributed by atoms with Crippen molar-refractivity contribution >= 4 is 5.97 Å². The summed E-state index contributed by atoms with van der Waals surface area (Å²) in [6.45, 7) is 10.8. The molecule has 2 atom stereocenters. The van der Waals surface area contributed by atoms with E-state index in [1.807, 2.05) is 20.8 Å². The average molecular weight is 234 g/mol. The van der Waals surface area contributed by atoms with Gasteiger partial charge in [-0.15, -0.1) is 0 Å². The van der Waals surface area contributed by atoms with Crippen molar-refractivity contribution in [2.45, 2.75) is 60.2 Å². The zero-order valence-corrected chi connectivity index (χ0v) is 11.2. The molecule has 0 aliphatic rings. The van der Waals surface area contributed by atoms with Crippen LogP contribution in [0.25, 0.3) is 0 Å². The monoisotopic (exact) mass is 234 g/mol. The van der Waals surface area contributed by atoms with Crippen LogP contribution >= 0.6 is 0 Å². The van der Waals surface area contributed by atoms with Gasteiger partial charge in [-0.25, -0.2) is 0 Å². The topological polar surface area (TPSA) is 77.8 Å². The summed E-state index contributed by atoms with van der Waals surface area (Å²) in [5.41, 5.74) is -0.114. The van der Waals surface area contributed by atoms with Gasteiger partial charge in [-0.1, -0.05) is 34.6 Å². The van der Waals surface area contributed by atoms with E-state index in [0.29, 0.717) is 6.42 Å². The van der Waals surface area contributed by atoms with E-state index in [9.17, 15) is 9.90 Å². The minimum atomic E-state index is -0.741. The molecule has 0 radical (unpaired) electrons. The fourth-order valence-electron chi connectivity index (χ4n) is 0.677. The summed E-state index contributed by atoms with van der Waals surface area (Å²) in [4.78, 5) is 9.70. The van der Waals surface area contributed by atoms with Gasteiger partial charge in [0.25, 0.3) is 0 Å². The first-order valence-electron chi connectivity index (χ1n) is 5.57. The smallest absolute Gasteiger partial charge is 0.305 e. The van der Waals surface area contributed by atoms with E-state index in [-0.39, 0.29) is 11.3 Å². The highest BCUT2D eigenvalue weighted by Gasteiger charge is 2.22. The van der Waals surface area contributed by atoms with Crippen molar-refractivity contribution in [2.75, 3.05) is 0 Å². The molecule has 0 saturated heterocycles. The molecule has 16 heavy (non-hydrogen) atoms. The molecule has 98 valence electrons. The second kappa shape index (κ2) is 7.63. The molecule has 3 N–H and O–H groups in total. The number of carbonyl (C=O) groups is 1. The van der Waals surface area contributed by atoms with Gasteiger partial charge in [0, 0.05) is 0 Å². The quantitative estimate of drug-likeness (QED) is 0.697. The Morgan fingerprint density at radius 1 is 1.12 bits per heavy atom. The maximum absolute atomic E-state index is 9.70. The maximum atomic E-state index is 9.70. The number of rotatable bonds is 3. The minimum Gasteiger partial charge on any atom is -0.481 e. The standard InChI is InChI=1S/C8H18O2.C4H8O2/c1-6(9)5-7(10)8(2,3)4;1-3(2)4(5)6/h6-7,9-10H,5H2,1-4H3;3H,1-2H3,(H,5,6). The molecule has 0 amide bonds. The molecular formula is C12H26O4. The molecular weight excluding hydrogens is 208 g/mol. The fourth-order valence-corrected chi connectivity index (χ4v) is 0.677. The van der Waals surface area contributed by atoms with Crippen molar-refractivity contribution in [2.24, 2.45) is 11.3 Å². The van der Waals surface area contributed by atoms with E-state index >= 15 is 0 Å². The van der Waals surface area contributed by atoms with E-state index in [2.05, 4.69) is 0 Å². The van der Waals surface area contributed by atoms with Crippen LogP contribution in [0.4, 0.5) is 0 Å². The lowest BCUT2D eigenvalue weighted by molar-refractivity contribution is -0.140. The van der Waals surface area contributed by atoms with Gasteiger partial charge in [-0.3, -0.25) is 4.79 Å². The van der Waals surface area contributed by atoms with Crippen molar-refractivity contribution in [3.63, 3.8) is 0 Å². The van der Waals surface area contributed by atoms with E-state index in [4.69, 9.17) is 10.2 Å². The summed E-state index contributed by atoms with van der Waals surface area (Å²) in [7, 11) is 0. The molecule has 0 aliphatic carbocycles. The minimum absolute atomic E-state index is 0.114. The molecule has 0 aliphatic heterocycles. The van der Waals surface area contributed by atoms with Gasteiger partial charge < -0.3 is 15.3 Å². The molecule has 0 saturated carbocycles. The largest absolute Gasteiger partial charge is 0.481 e. The molecule has 4 heteroatoms. The van der Waals surface area contributed by atoms with Crippen molar-refractivity contribution in [1.29, 1.82) is 0 Å². The first kappa shape index (κ1) is 17.8. The lowest BCUT2D eigenvalue weighted by Gasteiger charge is -2.26. The SMILES string of the molecule is CC(C)C(=O)O.CC(O)CC(O)C(C)(C)C. The third-order valence-corrected chi connectivity index (χ3v) is 2.06. The van der Waals surface area contributed by atoms with E-state index in [1.54, 1.807) is 20.8 Å². The van der Waals surface area contributed by atoms with Crippen LogP contribution in [-0.4, -0.2) is 33.5 Å². The molecule has 2 unspecified atom stereocenters. The van der Waals surface area contributed by atoms with E-state index in [0.717, 1.165) is 0 Å². The Kier molecular flexibility index (Phi) is 8.47. The zero-order valence-electron chi connectivity index (χ0n) is 11.2. The number of carboxylic acids is 1. The highest BCUT2D eigenvalue weighted by atomic mass is 16.4. The maximum Gasteiger partial charge on any atom is 0.305 e. The molecule has 0 aromatic carbocycles. The summed E-state index contributed by atoms with van der Waals surface area (Å²) in [6.07, 6.45) is -0.356. The Balaban J connectivity index is 0. The molecule has 0 aromatic rings. The van der Waals surface area contributed by atoms with Gasteiger partial charge in [0.2, 0.25) is 0 Å². The van der Waals surface area contributed by atoms with Crippen LogP contribution in [0.5, 0.6) is 0 Å². The summed E-state index contributed by atoms with van der Waals surface area (Å²) >= 11 is 0. The zero-order chi connectivity index (χ0) is 13.5. The highest BCUT2D eigenvalue weighted by Crippen LogP contribution is 2.22. The number of aliphatic carboxylic acids is 1. The summed E-state index contributed by atoms with van der Waals surface area (Å²) < 4.78 is 0. The molecule has 0 bridgehead atoms. The van der Waals surface area contributed by atoms with Crippen molar-refractivity contribution < 1.29 is 20.1 Å². The average Bonchev–Trinajstić information content (AvgIpc) is 2.01. The van der Waals surface area contributed by atoms with Crippen LogP contribution in [-0.2, 0) is 4.79 Å². The number of aliphatic hydroxyl groups is 2. The van der Waals surface area contributed by atoms with Crippen LogP contribution in [0, 0.1) is 11.3 Å². The van der Waals surface area contributed by atoms with Gasteiger partial charge in [-0.05, 0) is 18.8 Å². The number of carboxylic acid groups (broad SMARTS) is 1. The van der Waals surface area contributed by atoms with E-state index < -0.39 is 18.2 Å². The second-order valence-corrected chi connectivity index (χ2v) is 5.46. The van der Waals surface area contributed by atoms with E-state index in [1.165, 1.54) is 0 Å². The molecule has 0 fully saturated rings.